The smallest absolute Gasteiger partial charge is 0.321 e. The zero-order chi connectivity index (χ0) is 22.1. The summed E-state index contributed by atoms with van der Waals surface area (Å²) in [6, 6.07) is -0.983. The SMILES string of the molecule is CNC(=O)NC(=O)[C@@H](C)[NH+]1CCN(S(=O)(=O)c2c(C)c(C)c(C)c(C)c2C)CC1. The summed E-state index contributed by atoms with van der Waals surface area (Å²) >= 11 is 0. The Bertz CT molecular complexity index is 890. The van der Waals surface area contributed by atoms with Gasteiger partial charge in [0.15, 0.2) is 6.04 Å². The molecule has 8 nitrogen and oxygen atoms in total. The molecule has 0 bridgehead atoms. The summed E-state index contributed by atoms with van der Waals surface area (Å²) in [5.74, 6) is -0.368. The van der Waals surface area contributed by atoms with E-state index in [-0.39, 0.29) is 5.91 Å². The number of nitrogens with zero attached hydrogens (tertiary/aromatic N) is 1. The third kappa shape index (κ3) is 4.46. The average molecular weight is 426 g/mol. The van der Waals surface area contributed by atoms with Crippen LogP contribution in [0.2, 0.25) is 0 Å². The van der Waals surface area contributed by atoms with Crippen molar-refractivity contribution < 1.29 is 22.9 Å². The number of nitrogens with one attached hydrogen (secondary N) is 3. The number of piperazine rings is 1. The highest BCUT2D eigenvalue weighted by Gasteiger charge is 2.36. The van der Waals surface area contributed by atoms with Crippen LogP contribution in [0.15, 0.2) is 4.90 Å². The molecule has 1 aliphatic rings. The van der Waals surface area contributed by atoms with Gasteiger partial charge in [-0.15, -0.1) is 0 Å². The van der Waals surface area contributed by atoms with Gasteiger partial charge in [0.2, 0.25) is 10.0 Å². The zero-order valence-corrected chi connectivity index (χ0v) is 19.2. The Hall–Kier alpha value is -1.97. The van der Waals surface area contributed by atoms with Crippen molar-refractivity contribution in [2.24, 2.45) is 0 Å². The van der Waals surface area contributed by atoms with E-state index in [1.54, 1.807) is 6.92 Å². The highest BCUT2D eigenvalue weighted by Crippen LogP contribution is 2.31. The monoisotopic (exact) mass is 425 g/mol. The molecule has 1 aromatic rings. The molecule has 1 heterocycles. The summed E-state index contributed by atoms with van der Waals surface area (Å²) in [6.07, 6.45) is 0. The number of urea groups is 1. The van der Waals surface area contributed by atoms with Gasteiger partial charge < -0.3 is 10.2 Å². The number of amides is 3. The second-order valence-electron chi connectivity index (χ2n) is 7.81. The lowest BCUT2D eigenvalue weighted by Crippen LogP contribution is -3.19. The van der Waals surface area contributed by atoms with Crippen LogP contribution in [0, 0.1) is 34.6 Å². The standard InChI is InChI=1S/C20H32N4O4S/c1-12-13(2)15(4)18(16(5)14(12)3)29(27,28)24-10-8-23(9-11-24)17(6)19(25)22-20(26)21-7/h17H,8-11H2,1-7H3,(H2,21,22,25,26)/p+1/t17-/m1/s1. The van der Waals surface area contributed by atoms with E-state index in [2.05, 4.69) is 10.6 Å². The Labute approximate surface area is 173 Å². The molecule has 9 heteroatoms. The third-order valence-corrected chi connectivity index (χ3v) is 8.54. The van der Waals surface area contributed by atoms with Crippen LogP contribution in [0.25, 0.3) is 0 Å². The lowest BCUT2D eigenvalue weighted by Gasteiger charge is -2.34. The predicted molar refractivity (Wildman–Crippen MR) is 112 cm³/mol. The summed E-state index contributed by atoms with van der Waals surface area (Å²) in [4.78, 5) is 24.9. The fourth-order valence-corrected chi connectivity index (χ4v) is 5.90. The van der Waals surface area contributed by atoms with Crippen LogP contribution in [-0.2, 0) is 14.8 Å². The van der Waals surface area contributed by atoms with E-state index in [1.165, 1.54) is 11.4 Å². The van der Waals surface area contributed by atoms with Crippen LogP contribution < -0.4 is 15.5 Å². The fraction of sp³-hybridized carbons (Fsp3) is 0.600. The molecule has 1 aromatic carbocycles. The van der Waals surface area contributed by atoms with E-state index in [9.17, 15) is 18.0 Å². The van der Waals surface area contributed by atoms with E-state index in [0.717, 1.165) is 32.7 Å². The van der Waals surface area contributed by atoms with E-state index in [4.69, 9.17) is 0 Å². The van der Waals surface area contributed by atoms with Gasteiger partial charge in [-0.25, -0.2) is 13.2 Å². The van der Waals surface area contributed by atoms with Crippen molar-refractivity contribution in [3.63, 3.8) is 0 Å². The van der Waals surface area contributed by atoms with Crippen molar-refractivity contribution in [1.82, 2.24) is 14.9 Å². The summed E-state index contributed by atoms with van der Waals surface area (Å²) in [7, 11) is -2.18. The van der Waals surface area contributed by atoms with Crippen molar-refractivity contribution in [2.75, 3.05) is 33.2 Å². The predicted octanol–water partition coefficient (Wildman–Crippen LogP) is -0.0380. The molecule has 1 aliphatic heterocycles. The fourth-order valence-electron chi connectivity index (χ4n) is 3.90. The van der Waals surface area contributed by atoms with Crippen LogP contribution in [0.3, 0.4) is 0 Å². The van der Waals surface area contributed by atoms with E-state index >= 15 is 0 Å². The van der Waals surface area contributed by atoms with Crippen molar-refractivity contribution in [3.05, 3.63) is 27.8 Å². The maximum atomic E-state index is 13.4. The third-order valence-electron chi connectivity index (χ3n) is 6.36. The molecule has 0 saturated carbocycles. The second-order valence-corrected chi connectivity index (χ2v) is 9.68. The molecule has 3 N–H and O–H groups in total. The normalized spacial score (nSPS) is 17.1. The molecular weight excluding hydrogens is 392 g/mol. The number of quaternary nitrogens is 1. The number of carbonyl (C=O) groups excluding carboxylic acids is 2. The van der Waals surface area contributed by atoms with Gasteiger partial charge in [-0.2, -0.15) is 4.31 Å². The molecular formula is C20H33N4O4S+. The number of hydrogen-bond donors (Lipinski definition) is 3. The van der Waals surface area contributed by atoms with Crippen molar-refractivity contribution in [2.45, 2.75) is 52.5 Å². The minimum Gasteiger partial charge on any atom is -0.341 e. The van der Waals surface area contributed by atoms with E-state index in [1.807, 2.05) is 34.6 Å². The van der Waals surface area contributed by atoms with Crippen LogP contribution in [-0.4, -0.2) is 63.9 Å². The molecule has 1 atom stereocenters. The molecule has 29 heavy (non-hydrogen) atoms. The number of imide groups is 1. The molecule has 1 saturated heterocycles. The first kappa shape index (κ1) is 23.3. The van der Waals surface area contributed by atoms with Gasteiger partial charge in [0.05, 0.1) is 31.1 Å². The number of rotatable bonds is 4. The van der Waals surface area contributed by atoms with Crippen LogP contribution >= 0.6 is 0 Å². The van der Waals surface area contributed by atoms with Gasteiger partial charge >= 0.3 is 6.03 Å². The zero-order valence-electron chi connectivity index (χ0n) is 18.4. The maximum absolute atomic E-state index is 13.4. The average Bonchev–Trinajstić information content (AvgIpc) is 2.70. The molecule has 0 aliphatic carbocycles. The number of sulfonamides is 1. The summed E-state index contributed by atoms with van der Waals surface area (Å²) < 4.78 is 28.4. The minimum atomic E-state index is -3.62. The van der Waals surface area contributed by atoms with Gasteiger partial charge in [0.1, 0.15) is 0 Å². The second kappa shape index (κ2) is 8.81. The molecule has 0 radical (unpaired) electrons. The molecule has 2 rings (SSSR count). The lowest BCUT2D eigenvalue weighted by atomic mass is 9.95. The molecule has 1 fully saturated rings. The number of benzene rings is 1. The molecule has 0 spiro atoms. The van der Waals surface area contributed by atoms with Gasteiger partial charge in [-0.3, -0.25) is 10.1 Å². The van der Waals surface area contributed by atoms with Gasteiger partial charge in [-0.05, 0) is 69.4 Å². The van der Waals surface area contributed by atoms with Crippen LogP contribution in [0.1, 0.15) is 34.7 Å². The highest BCUT2D eigenvalue weighted by atomic mass is 32.2. The van der Waals surface area contributed by atoms with Gasteiger partial charge in [0.25, 0.3) is 5.91 Å². The number of carbonyl (C=O) groups is 2. The minimum absolute atomic E-state index is 0.333. The summed E-state index contributed by atoms with van der Waals surface area (Å²) in [5, 5.41) is 4.64. The number of hydrogen-bond acceptors (Lipinski definition) is 4. The maximum Gasteiger partial charge on any atom is 0.321 e. The Balaban J connectivity index is 2.19. The molecule has 3 amide bonds. The first-order chi connectivity index (χ1) is 13.4. The van der Waals surface area contributed by atoms with Crippen molar-refractivity contribution >= 4 is 22.0 Å². The highest BCUT2D eigenvalue weighted by molar-refractivity contribution is 7.89. The summed E-state index contributed by atoms with van der Waals surface area (Å²) in [6.45, 7) is 13.1. The van der Waals surface area contributed by atoms with Gasteiger partial charge in [-0.1, -0.05) is 0 Å². The first-order valence-corrected chi connectivity index (χ1v) is 11.3. The van der Waals surface area contributed by atoms with Crippen molar-refractivity contribution in [1.29, 1.82) is 0 Å². The van der Waals surface area contributed by atoms with Gasteiger partial charge in [0, 0.05) is 7.05 Å². The van der Waals surface area contributed by atoms with E-state index in [0.29, 0.717) is 31.1 Å². The topological polar surface area (TPSA) is 100 Å². The summed E-state index contributed by atoms with van der Waals surface area (Å²) in [5.41, 5.74) is 4.76. The largest absolute Gasteiger partial charge is 0.341 e. The Morgan fingerprint density at radius 3 is 1.83 bits per heavy atom. The van der Waals surface area contributed by atoms with Crippen LogP contribution in [0.5, 0.6) is 0 Å². The quantitative estimate of drug-likeness (QED) is 0.630. The Kier molecular flexibility index (Phi) is 7.08. The Morgan fingerprint density at radius 2 is 1.38 bits per heavy atom. The van der Waals surface area contributed by atoms with E-state index < -0.39 is 22.1 Å². The molecule has 162 valence electrons. The molecule has 0 unspecified atom stereocenters. The van der Waals surface area contributed by atoms with Crippen molar-refractivity contribution in [3.8, 4) is 0 Å². The Morgan fingerprint density at radius 1 is 0.931 bits per heavy atom. The van der Waals surface area contributed by atoms with Crippen LogP contribution in [0.4, 0.5) is 4.79 Å². The first-order valence-electron chi connectivity index (χ1n) is 9.87. The lowest BCUT2D eigenvalue weighted by molar-refractivity contribution is -0.917. The molecule has 0 aromatic heterocycles.